The number of rotatable bonds is 8. The smallest absolute Gasteiger partial charge is 0.280 e. The molecule has 5 rings (SSSR count). The molecular formula is C31H25F2N5O3. The number of fused-ring (bicyclic) bond motifs is 1. The molecule has 0 unspecified atom stereocenters. The second kappa shape index (κ2) is 11.5. The number of aromatic nitrogens is 4. The molecule has 0 saturated heterocycles. The van der Waals surface area contributed by atoms with Gasteiger partial charge in [-0.05, 0) is 67.8 Å². The van der Waals surface area contributed by atoms with Crippen molar-refractivity contribution in [3.63, 3.8) is 0 Å². The van der Waals surface area contributed by atoms with Gasteiger partial charge in [-0.1, -0.05) is 18.7 Å². The minimum absolute atomic E-state index is 0.0648. The van der Waals surface area contributed by atoms with Crippen molar-refractivity contribution in [2.75, 3.05) is 11.9 Å². The maximum Gasteiger partial charge on any atom is 0.280 e. The number of anilines is 1. The van der Waals surface area contributed by atoms with Gasteiger partial charge in [0.05, 0.1) is 17.8 Å². The summed E-state index contributed by atoms with van der Waals surface area (Å²) >= 11 is 0. The van der Waals surface area contributed by atoms with Crippen LogP contribution in [0.5, 0.6) is 17.2 Å². The quantitative estimate of drug-likeness (QED) is 0.218. The predicted octanol–water partition coefficient (Wildman–Crippen LogP) is 7.15. The average Bonchev–Trinajstić information content (AvgIpc) is 2.95. The van der Waals surface area contributed by atoms with Gasteiger partial charge in [-0.2, -0.15) is 5.10 Å². The van der Waals surface area contributed by atoms with E-state index in [1.54, 1.807) is 44.4 Å². The molecule has 206 valence electrons. The van der Waals surface area contributed by atoms with E-state index in [2.05, 4.69) is 32.1 Å². The second-order valence-corrected chi connectivity index (χ2v) is 9.16. The Hall–Kier alpha value is -5.25. The first-order chi connectivity index (χ1) is 19.7. The van der Waals surface area contributed by atoms with Crippen LogP contribution in [0.2, 0.25) is 0 Å². The van der Waals surface area contributed by atoms with Crippen LogP contribution in [0.4, 0.5) is 14.5 Å². The minimum atomic E-state index is -0.710. The van der Waals surface area contributed by atoms with E-state index in [-0.39, 0.29) is 29.5 Å². The summed E-state index contributed by atoms with van der Waals surface area (Å²) in [5.41, 5.74) is 4.41. The number of aryl methyl sites for hydroxylation is 1. The highest BCUT2D eigenvalue weighted by molar-refractivity contribution is 6.06. The fraction of sp³-hybridized carbons (Fsp3) is 0.129. The van der Waals surface area contributed by atoms with Crippen molar-refractivity contribution in [1.82, 2.24) is 20.2 Å². The molecule has 0 atom stereocenters. The standard InChI is InChI=1S/C31H25F2N5O3/c1-5-40-30-27(19-6-8-21(32)9-7-19)18(4)37-38-29(30)31(39)36-22-10-11-25(23(33)15-22)41-26-12-13-34-24-14-20(17(2)3)16-35-28(24)26/h6-16H,2,5H2,1,3-4H3,(H,36,39). The molecule has 0 bridgehead atoms. The van der Waals surface area contributed by atoms with Crippen LogP contribution in [0.1, 0.15) is 35.6 Å². The molecule has 8 nitrogen and oxygen atoms in total. The molecule has 0 spiro atoms. The Kier molecular flexibility index (Phi) is 7.64. The van der Waals surface area contributed by atoms with E-state index in [0.29, 0.717) is 33.6 Å². The highest BCUT2D eigenvalue weighted by Gasteiger charge is 2.23. The van der Waals surface area contributed by atoms with Gasteiger partial charge in [0.1, 0.15) is 11.3 Å². The van der Waals surface area contributed by atoms with Gasteiger partial charge in [-0.3, -0.25) is 14.8 Å². The van der Waals surface area contributed by atoms with Crippen LogP contribution in [0.25, 0.3) is 27.7 Å². The summed E-state index contributed by atoms with van der Waals surface area (Å²) < 4.78 is 40.3. The fourth-order valence-electron chi connectivity index (χ4n) is 4.18. The van der Waals surface area contributed by atoms with Crippen molar-refractivity contribution >= 4 is 28.2 Å². The van der Waals surface area contributed by atoms with E-state index < -0.39 is 17.5 Å². The Labute approximate surface area is 234 Å². The summed E-state index contributed by atoms with van der Waals surface area (Å²) in [6.07, 6.45) is 3.20. The van der Waals surface area contributed by atoms with Crippen molar-refractivity contribution < 1.29 is 23.0 Å². The zero-order chi connectivity index (χ0) is 29.1. The SMILES string of the molecule is C=C(C)c1cnc2c(Oc3ccc(NC(=O)c4nnc(C)c(-c5ccc(F)cc5)c4OCC)cc3F)ccnc2c1. The van der Waals surface area contributed by atoms with E-state index in [1.165, 1.54) is 24.3 Å². The molecule has 0 aliphatic rings. The van der Waals surface area contributed by atoms with Crippen molar-refractivity contribution in [1.29, 1.82) is 0 Å². The van der Waals surface area contributed by atoms with Gasteiger partial charge >= 0.3 is 0 Å². The molecule has 1 amide bonds. The molecule has 0 saturated carbocycles. The normalized spacial score (nSPS) is 10.9. The van der Waals surface area contributed by atoms with Gasteiger partial charge in [0.15, 0.2) is 28.8 Å². The lowest BCUT2D eigenvalue weighted by Gasteiger charge is -2.16. The summed E-state index contributed by atoms with van der Waals surface area (Å²) in [4.78, 5) is 22.0. The van der Waals surface area contributed by atoms with Crippen LogP contribution in [0, 0.1) is 18.6 Å². The first kappa shape index (κ1) is 27.3. The van der Waals surface area contributed by atoms with Gasteiger partial charge in [-0.25, -0.2) is 8.78 Å². The summed E-state index contributed by atoms with van der Waals surface area (Å²) in [6.45, 7) is 9.50. The maximum absolute atomic E-state index is 15.1. The molecule has 10 heteroatoms. The van der Waals surface area contributed by atoms with Crippen molar-refractivity contribution in [3.8, 4) is 28.4 Å². The highest BCUT2D eigenvalue weighted by atomic mass is 19.1. The monoisotopic (exact) mass is 553 g/mol. The van der Waals surface area contributed by atoms with Crippen LogP contribution >= 0.6 is 0 Å². The third kappa shape index (κ3) is 5.72. The molecule has 3 aromatic heterocycles. The number of nitrogens with one attached hydrogen (secondary N) is 1. The third-order valence-electron chi connectivity index (χ3n) is 6.18. The van der Waals surface area contributed by atoms with Gasteiger partial charge in [-0.15, -0.1) is 5.10 Å². The number of hydrogen-bond acceptors (Lipinski definition) is 7. The molecule has 0 aliphatic carbocycles. The molecule has 3 heterocycles. The second-order valence-electron chi connectivity index (χ2n) is 9.16. The number of nitrogens with zero attached hydrogens (tertiary/aromatic N) is 4. The van der Waals surface area contributed by atoms with Crippen LogP contribution < -0.4 is 14.8 Å². The Morgan fingerprint density at radius 2 is 1.78 bits per heavy atom. The van der Waals surface area contributed by atoms with Crippen LogP contribution in [0.15, 0.2) is 73.6 Å². The van der Waals surface area contributed by atoms with E-state index in [0.717, 1.165) is 17.2 Å². The topological polar surface area (TPSA) is 99.1 Å². The molecule has 2 aromatic carbocycles. The lowest BCUT2D eigenvalue weighted by atomic mass is 10.0. The maximum atomic E-state index is 15.1. The summed E-state index contributed by atoms with van der Waals surface area (Å²) in [5.74, 6) is -1.32. The molecule has 0 radical (unpaired) electrons. The third-order valence-corrected chi connectivity index (χ3v) is 6.18. The van der Waals surface area contributed by atoms with Crippen molar-refractivity contribution in [2.45, 2.75) is 20.8 Å². The largest absolute Gasteiger partial charge is 0.491 e. The zero-order valence-electron chi connectivity index (χ0n) is 22.5. The molecular weight excluding hydrogens is 528 g/mol. The molecule has 1 N–H and O–H groups in total. The number of ether oxygens (including phenoxy) is 2. The Morgan fingerprint density at radius 1 is 1.00 bits per heavy atom. The average molecular weight is 554 g/mol. The fourth-order valence-corrected chi connectivity index (χ4v) is 4.18. The number of carbonyl (C=O) groups excluding carboxylic acids is 1. The Bertz CT molecular complexity index is 1790. The van der Waals surface area contributed by atoms with Crippen molar-refractivity contribution in [2.24, 2.45) is 0 Å². The lowest BCUT2D eigenvalue weighted by molar-refractivity contribution is 0.101. The number of halogens is 2. The number of hydrogen-bond donors (Lipinski definition) is 1. The Balaban J connectivity index is 1.41. The van der Waals surface area contributed by atoms with E-state index >= 15 is 4.39 Å². The summed E-state index contributed by atoms with van der Waals surface area (Å²) in [7, 11) is 0. The predicted molar refractivity (Wildman–Crippen MR) is 152 cm³/mol. The van der Waals surface area contributed by atoms with Crippen LogP contribution in [0.3, 0.4) is 0 Å². The van der Waals surface area contributed by atoms with Gasteiger partial charge in [0.25, 0.3) is 5.91 Å². The zero-order valence-corrected chi connectivity index (χ0v) is 22.5. The molecule has 5 aromatic rings. The van der Waals surface area contributed by atoms with Crippen molar-refractivity contribution in [3.05, 3.63) is 102 Å². The van der Waals surface area contributed by atoms with E-state index in [9.17, 15) is 9.18 Å². The van der Waals surface area contributed by atoms with Crippen LogP contribution in [-0.4, -0.2) is 32.7 Å². The van der Waals surface area contributed by atoms with Gasteiger partial charge in [0, 0.05) is 35.8 Å². The first-order valence-electron chi connectivity index (χ1n) is 12.7. The molecule has 0 aliphatic heterocycles. The first-order valence-corrected chi connectivity index (χ1v) is 12.7. The Morgan fingerprint density at radius 3 is 2.49 bits per heavy atom. The van der Waals surface area contributed by atoms with E-state index in [4.69, 9.17) is 9.47 Å². The number of allylic oxidation sites excluding steroid dienone is 1. The number of benzene rings is 2. The van der Waals surface area contributed by atoms with Gasteiger partial charge < -0.3 is 14.8 Å². The lowest BCUT2D eigenvalue weighted by Crippen LogP contribution is -2.18. The number of pyridine rings is 2. The number of amides is 1. The van der Waals surface area contributed by atoms with Crippen LogP contribution in [-0.2, 0) is 0 Å². The number of carbonyl (C=O) groups is 1. The molecule has 0 fully saturated rings. The summed E-state index contributed by atoms with van der Waals surface area (Å²) in [6, 6.07) is 13.2. The van der Waals surface area contributed by atoms with E-state index in [1.807, 2.05) is 13.0 Å². The van der Waals surface area contributed by atoms with Gasteiger partial charge in [0.2, 0.25) is 0 Å². The minimum Gasteiger partial charge on any atom is -0.491 e. The highest BCUT2D eigenvalue weighted by Crippen LogP contribution is 2.35. The molecule has 41 heavy (non-hydrogen) atoms. The summed E-state index contributed by atoms with van der Waals surface area (Å²) in [5, 5.41) is 10.8.